The fraction of sp³-hybridized carbons (Fsp3) is 0.394. The van der Waals surface area contributed by atoms with Crippen molar-refractivity contribution in [1.82, 2.24) is 24.2 Å². The number of hydrogen-bond acceptors (Lipinski definition) is 7. The summed E-state index contributed by atoms with van der Waals surface area (Å²) in [6, 6.07) is 12.4. The Morgan fingerprint density at radius 1 is 0.957 bits per heavy atom. The predicted molar refractivity (Wildman–Crippen MR) is 171 cm³/mol. The molecule has 0 saturated heterocycles. The van der Waals surface area contributed by atoms with Gasteiger partial charge in [-0.25, -0.2) is 32.7 Å². The first-order valence-electron chi connectivity index (χ1n) is 15.0. The van der Waals surface area contributed by atoms with E-state index < -0.39 is 33.9 Å². The third kappa shape index (κ3) is 8.18. The van der Waals surface area contributed by atoms with Crippen molar-refractivity contribution in [2.45, 2.75) is 83.8 Å². The first-order chi connectivity index (χ1) is 21.5. The second-order valence-electron chi connectivity index (χ2n) is 11.9. The first-order valence-corrected chi connectivity index (χ1v) is 16.4. The monoisotopic (exact) mass is 657 g/mol. The molecular weight excluding hydrogens is 619 g/mol. The summed E-state index contributed by atoms with van der Waals surface area (Å²) in [5.41, 5.74) is 2.22. The van der Waals surface area contributed by atoms with Crippen LogP contribution in [-0.4, -0.2) is 46.3 Å². The Kier molecular flexibility index (Phi) is 10.4. The van der Waals surface area contributed by atoms with Crippen LogP contribution < -0.4 is 15.0 Å². The number of nitrogens with one attached hydrogen (secondary N) is 1. The molecule has 2 aromatic heterocycles. The van der Waals surface area contributed by atoms with Crippen LogP contribution in [0.15, 0.2) is 64.5 Å². The third-order valence-corrected chi connectivity index (χ3v) is 8.88. The lowest BCUT2D eigenvalue weighted by molar-refractivity contribution is -0.153. The van der Waals surface area contributed by atoms with Gasteiger partial charge in [0.05, 0.1) is 28.5 Å². The summed E-state index contributed by atoms with van der Waals surface area (Å²) in [5, 5.41) is 0. The number of unbranched alkanes of at least 4 members (excludes halogenated alkanes) is 1. The average Bonchev–Trinajstić information content (AvgIpc) is 2.97. The van der Waals surface area contributed by atoms with Crippen LogP contribution in [0.3, 0.4) is 0 Å². The van der Waals surface area contributed by atoms with E-state index in [1.54, 1.807) is 64.1 Å². The van der Waals surface area contributed by atoms with Gasteiger partial charge < -0.3 is 4.74 Å². The summed E-state index contributed by atoms with van der Waals surface area (Å²) in [6.07, 6.45) is 0.335. The number of ether oxygens (including phenoxy) is 1. The Balaban J connectivity index is 1.81. The minimum atomic E-state index is -4.52. The van der Waals surface area contributed by atoms with Gasteiger partial charge in [0.15, 0.2) is 12.4 Å². The lowest BCUT2D eigenvalue weighted by Gasteiger charge is -2.23. The molecule has 4 rings (SSSR count). The second-order valence-corrected chi connectivity index (χ2v) is 13.5. The molecule has 0 aliphatic rings. The van der Waals surface area contributed by atoms with Crippen LogP contribution in [0.5, 0.6) is 5.75 Å². The Morgan fingerprint density at radius 3 is 2.15 bits per heavy atom. The van der Waals surface area contributed by atoms with Crippen LogP contribution in [0.2, 0.25) is 0 Å². The molecule has 246 valence electrons. The maximum Gasteiger partial charge on any atom is 0.422 e. The van der Waals surface area contributed by atoms with Gasteiger partial charge in [0.2, 0.25) is 16.0 Å². The Hall–Kier alpha value is -4.10. The molecule has 0 radical (unpaired) electrons. The predicted octanol–water partition coefficient (Wildman–Crippen LogP) is 6.59. The van der Waals surface area contributed by atoms with E-state index >= 15 is 0 Å². The highest BCUT2D eigenvalue weighted by Gasteiger charge is 2.29. The number of halogens is 3. The molecule has 46 heavy (non-hydrogen) atoms. The van der Waals surface area contributed by atoms with Crippen molar-refractivity contribution >= 4 is 10.0 Å². The highest BCUT2D eigenvalue weighted by molar-refractivity contribution is 7.89. The standard InChI is InChI=1S/C33H38F3N5O4S/c1-7-9-13-27-28(30(42)41(21(3)39-27)31-37-18-25(19-38-31)45-20-33(34,35)36)24-16-14-23(15-17-24)26-12-10-11-22(8-2)29(26)46(43,44)40-32(4,5)6/h10-12,14-19,40H,7-9,13,20H2,1-6H3. The quantitative estimate of drug-likeness (QED) is 0.194. The van der Waals surface area contributed by atoms with Crippen molar-refractivity contribution in [3.63, 3.8) is 0 Å². The normalized spacial score (nSPS) is 12.4. The largest absolute Gasteiger partial charge is 0.481 e. The van der Waals surface area contributed by atoms with Gasteiger partial charge in [0.1, 0.15) is 5.82 Å². The summed E-state index contributed by atoms with van der Waals surface area (Å²) >= 11 is 0. The zero-order valence-corrected chi connectivity index (χ0v) is 27.5. The summed E-state index contributed by atoms with van der Waals surface area (Å²) in [7, 11) is -3.87. The van der Waals surface area contributed by atoms with Gasteiger partial charge in [-0.15, -0.1) is 0 Å². The zero-order valence-electron chi connectivity index (χ0n) is 26.7. The summed E-state index contributed by atoms with van der Waals surface area (Å²) in [5.74, 6) is 0.0613. The molecule has 0 bridgehead atoms. The molecule has 13 heteroatoms. The van der Waals surface area contributed by atoms with Crippen molar-refractivity contribution < 1.29 is 26.3 Å². The highest BCUT2D eigenvalue weighted by Crippen LogP contribution is 2.33. The van der Waals surface area contributed by atoms with Crippen LogP contribution >= 0.6 is 0 Å². The molecule has 0 atom stereocenters. The van der Waals surface area contributed by atoms with Crippen molar-refractivity contribution in [2.75, 3.05) is 6.61 Å². The minimum Gasteiger partial charge on any atom is -0.481 e. The topological polar surface area (TPSA) is 116 Å². The van der Waals surface area contributed by atoms with Gasteiger partial charge in [0, 0.05) is 11.1 Å². The molecule has 1 N–H and O–H groups in total. The molecule has 0 saturated carbocycles. The molecule has 0 unspecified atom stereocenters. The number of benzene rings is 2. The van der Waals surface area contributed by atoms with Crippen molar-refractivity contribution in [2.24, 2.45) is 0 Å². The molecule has 0 aliphatic carbocycles. The molecule has 4 aromatic rings. The van der Waals surface area contributed by atoms with Crippen LogP contribution in [0.4, 0.5) is 13.2 Å². The van der Waals surface area contributed by atoms with E-state index in [9.17, 15) is 26.4 Å². The van der Waals surface area contributed by atoms with Crippen LogP contribution in [0.1, 0.15) is 64.5 Å². The number of hydrogen-bond donors (Lipinski definition) is 1. The van der Waals surface area contributed by atoms with Crippen LogP contribution in [0, 0.1) is 6.92 Å². The van der Waals surface area contributed by atoms with Gasteiger partial charge >= 0.3 is 6.18 Å². The lowest BCUT2D eigenvalue weighted by atomic mass is 9.97. The molecule has 0 amide bonds. The lowest BCUT2D eigenvalue weighted by Crippen LogP contribution is -2.41. The van der Waals surface area contributed by atoms with Crippen molar-refractivity contribution in [3.05, 3.63) is 82.3 Å². The van der Waals surface area contributed by atoms with Gasteiger partial charge in [0.25, 0.3) is 5.56 Å². The van der Waals surface area contributed by atoms with Gasteiger partial charge in [-0.3, -0.25) is 4.79 Å². The molecule has 0 fully saturated rings. The Labute approximate surface area is 267 Å². The molecule has 2 heterocycles. The number of nitrogens with zero attached hydrogens (tertiary/aromatic N) is 4. The minimum absolute atomic E-state index is 0.0631. The molecule has 0 aliphatic heterocycles. The smallest absolute Gasteiger partial charge is 0.422 e. The van der Waals surface area contributed by atoms with E-state index in [0.717, 1.165) is 25.2 Å². The van der Waals surface area contributed by atoms with Gasteiger partial charge in [-0.2, -0.15) is 13.2 Å². The van der Waals surface area contributed by atoms with Crippen molar-refractivity contribution in [1.29, 1.82) is 0 Å². The van der Waals surface area contributed by atoms with Gasteiger partial charge in [-0.1, -0.05) is 62.7 Å². The SMILES string of the molecule is CCCCc1nc(C)n(-c2ncc(OCC(F)(F)F)cn2)c(=O)c1-c1ccc(-c2cccc(CC)c2S(=O)(=O)NC(C)(C)C)cc1. The maximum atomic E-state index is 14.0. The zero-order chi connectivity index (χ0) is 33.9. The van der Waals surface area contributed by atoms with Gasteiger partial charge in [-0.05, 0) is 63.6 Å². The average molecular weight is 658 g/mol. The fourth-order valence-corrected chi connectivity index (χ4v) is 7.02. The molecule has 2 aromatic carbocycles. The second kappa shape index (κ2) is 13.7. The number of aromatic nitrogens is 4. The molecule has 9 nitrogen and oxygen atoms in total. The molecule has 0 spiro atoms. The van der Waals surface area contributed by atoms with E-state index in [-0.39, 0.29) is 16.6 Å². The Bertz CT molecular complexity index is 1850. The van der Waals surface area contributed by atoms with E-state index in [4.69, 9.17) is 9.72 Å². The van der Waals surface area contributed by atoms with Crippen molar-refractivity contribution in [3.8, 4) is 34.0 Å². The highest BCUT2D eigenvalue weighted by atomic mass is 32.2. The third-order valence-electron chi connectivity index (χ3n) is 6.98. The van der Waals surface area contributed by atoms with E-state index in [1.807, 2.05) is 19.9 Å². The van der Waals surface area contributed by atoms with Crippen LogP contribution in [-0.2, 0) is 22.9 Å². The first kappa shape index (κ1) is 34.8. The Morgan fingerprint density at radius 2 is 1.59 bits per heavy atom. The van der Waals surface area contributed by atoms with E-state index in [2.05, 4.69) is 14.7 Å². The summed E-state index contributed by atoms with van der Waals surface area (Å²) in [4.78, 5) is 27.1. The summed E-state index contributed by atoms with van der Waals surface area (Å²) in [6.45, 7) is 9.43. The number of aryl methyl sites for hydroxylation is 3. The number of rotatable bonds is 11. The number of sulfonamides is 1. The van der Waals surface area contributed by atoms with E-state index in [0.29, 0.717) is 52.2 Å². The van der Waals surface area contributed by atoms with E-state index in [1.165, 1.54) is 4.57 Å². The summed E-state index contributed by atoms with van der Waals surface area (Å²) < 4.78 is 73.5. The fourth-order valence-electron chi connectivity index (χ4n) is 5.08. The number of alkyl halides is 3. The molecular formula is C33H38F3N5O4S. The van der Waals surface area contributed by atoms with Crippen LogP contribution in [0.25, 0.3) is 28.2 Å². The maximum absolute atomic E-state index is 14.0.